The van der Waals surface area contributed by atoms with Crippen LogP contribution in [0.2, 0.25) is 5.22 Å². The average molecular weight is 323 g/mol. The third kappa shape index (κ3) is 2.88. The zero-order chi connectivity index (χ0) is 15.7. The number of aromatic nitrogens is 3. The lowest BCUT2D eigenvalue weighted by Gasteiger charge is -2.24. The fourth-order valence-corrected chi connectivity index (χ4v) is 3.31. The van der Waals surface area contributed by atoms with Gasteiger partial charge in [-0.15, -0.1) is 0 Å². The van der Waals surface area contributed by atoms with Gasteiger partial charge in [-0.3, -0.25) is 9.48 Å². The van der Waals surface area contributed by atoms with Gasteiger partial charge in [-0.05, 0) is 37.8 Å². The highest BCUT2D eigenvalue weighted by Crippen LogP contribution is 2.32. The predicted octanol–water partition coefficient (Wildman–Crippen LogP) is 2.67. The molecule has 0 saturated carbocycles. The van der Waals surface area contributed by atoms with Crippen molar-refractivity contribution in [2.24, 2.45) is 7.05 Å². The van der Waals surface area contributed by atoms with Crippen LogP contribution >= 0.6 is 11.6 Å². The van der Waals surface area contributed by atoms with Gasteiger partial charge in [-0.25, -0.2) is 0 Å². The molecule has 6 nitrogen and oxygen atoms in total. The lowest BCUT2D eigenvalue weighted by Crippen LogP contribution is -2.30. The molecule has 1 saturated heterocycles. The van der Waals surface area contributed by atoms with E-state index in [9.17, 15) is 4.79 Å². The first-order valence-electron chi connectivity index (χ1n) is 7.45. The van der Waals surface area contributed by atoms with Crippen molar-refractivity contribution in [1.29, 1.82) is 0 Å². The normalized spacial score (nSPS) is 18.1. The minimum Gasteiger partial charge on any atom is -0.344 e. The summed E-state index contributed by atoms with van der Waals surface area (Å²) in [7, 11) is 1.89. The summed E-state index contributed by atoms with van der Waals surface area (Å²) in [4.78, 5) is 14.5. The molecule has 1 amide bonds. The van der Waals surface area contributed by atoms with E-state index < -0.39 is 0 Å². The first-order valence-corrected chi connectivity index (χ1v) is 7.82. The van der Waals surface area contributed by atoms with Gasteiger partial charge in [-0.2, -0.15) is 5.10 Å². The van der Waals surface area contributed by atoms with Crippen LogP contribution in [0.15, 0.2) is 16.9 Å². The van der Waals surface area contributed by atoms with Crippen molar-refractivity contribution in [1.82, 2.24) is 19.8 Å². The standard InChI is InChI=1S/C15H19ClN4O2/c1-10-12(15(16)22-18-10)5-6-14(21)20-7-3-4-13(20)11-8-17-19(2)9-11/h8-9,13H,3-7H2,1-2H3. The van der Waals surface area contributed by atoms with Gasteiger partial charge in [0.2, 0.25) is 11.1 Å². The third-order valence-electron chi connectivity index (χ3n) is 4.21. The monoisotopic (exact) mass is 322 g/mol. The highest BCUT2D eigenvalue weighted by Gasteiger charge is 2.30. The Kier molecular flexibility index (Phi) is 4.20. The van der Waals surface area contributed by atoms with Crippen LogP contribution in [-0.2, 0) is 18.3 Å². The molecule has 0 radical (unpaired) electrons. The van der Waals surface area contributed by atoms with Gasteiger partial charge < -0.3 is 9.42 Å². The van der Waals surface area contributed by atoms with Crippen LogP contribution in [-0.4, -0.2) is 32.3 Å². The third-order valence-corrected chi connectivity index (χ3v) is 4.51. The fraction of sp³-hybridized carbons (Fsp3) is 0.533. The maximum Gasteiger partial charge on any atom is 0.229 e. The molecule has 22 heavy (non-hydrogen) atoms. The molecule has 1 atom stereocenters. The van der Waals surface area contributed by atoms with E-state index in [1.165, 1.54) is 0 Å². The number of hydrogen-bond donors (Lipinski definition) is 0. The molecule has 118 valence electrons. The summed E-state index contributed by atoms with van der Waals surface area (Å²) in [6, 6.07) is 0.139. The number of halogens is 1. The van der Waals surface area contributed by atoms with E-state index in [0.29, 0.717) is 12.8 Å². The summed E-state index contributed by atoms with van der Waals surface area (Å²) in [5, 5.41) is 8.31. The van der Waals surface area contributed by atoms with E-state index in [4.69, 9.17) is 16.1 Å². The smallest absolute Gasteiger partial charge is 0.229 e. The molecule has 0 bridgehead atoms. The Morgan fingerprint density at radius 1 is 1.55 bits per heavy atom. The van der Waals surface area contributed by atoms with Crippen LogP contribution in [0.4, 0.5) is 0 Å². The lowest BCUT2D eigenvalue weighted by atomic mass is 10.1. The van der Waals surface area contributed by atoms with Gasteiger partial charge in [0.05, 0.1) is 17.9 Å². The van der Waals surface area contributed by atoms with Crippen molar-refractivity contribution < 1.29 is 9.32 Å². The molecule has 7 heteroatoms. The van der Waals surface area contributed by atoms with Crippen molar-refractivity contribution in [3.63, 3.8) is 0 Å². The van der Waals surface area contributed by atoms with Crippen molar-refractivity contribution in [3.05, 3.63) is 34.4 Å². The molecule has 1 fully saturated rings. The van der Waals surface area contributed by atoms with Gasteiger partial charge in [0.1, 0.15) is 0 Å². The molecule has 3 rings (SSSR count). The number of hydrogen-bond acceptors (Lipinski definition) is 4. The SMILES string of the molecule is Cc1noc(Cl)c1CCC(=O)N1CCCC1c1cnn(C)c1. The Morgan fingerprint density at radius 3 is 3.00 bits per heavy atom. The van der Waals surface area contributed by atoms with Crippen LogP contribution in [0.3, 0.4) is 0 Å². The molecule has 1 aliphatic heterocycles. The highest BCUT2D eigenvalue weighted by atomic mass is 35.5. The summed E-state index contributed by atoms with van der Waals surface area (Å²) >= 11 is 5.95. The van der Waals surface area contributed by atoms with Crippen molar-refractivity contribution >= 4 is 17.5 Å². The molecule has 1 unspecified atom stereocenters. The molecule has 3 heterocycles. The van der Waals surface area contributed by atoms with Crippen LogP contribution < -0.4 is 0 Å². The number of nitrogens with zero attached hydrogens (tertiary/aromatic N) is 4. The molecule has 0 aromatic carbocycles. The Labute approximate surface area is 134 Å². The summed E-state index contributed by atoms with van der Waals surface area (Å²) in [6.45, 7) is 2.64. The minimum atomic E-state index is 0.139. The van der Waals surface area contributed by atoms with E-state index in [-0.39, 0.29) is 17.2 Å². The van der Waals surface area contributed by atoms with Gasteiger partial charge >= 0.3 is 0 Å². The minimum absolute atomic E-state index is 0.139. The van der Waals surface area contributed by atoms with Crippen LogP contribution in [0, 0.1) is 6.92 Å². The summed E-state index contributed by atoms with van der Waals surface area (Å²) in [5.41, 5.74) is 2.68. The zero-order valence-electron chi connectivity index (χ0n) is 12.8. The molecule has 0 spiro atoms. The van der Waals surface area contributed by atoms with E-state index in [2.05, 4.69) is 10.3 Å². The molecule has 2 aromatic heterocycles. The first-order chi connectivity index (χ1) is 10.6. The summed E-state index contributed by atoms with van der Waals surface area (Å²) in [5.74, 6) is 0.142. The Balaban J connectivity index is 1.66. The number of carbonyl (C=O) groups excluding carboxylic acids is 1. The molecule has 1 aliphatic rings. The van der Waals surface area contributed by atoms with Gasteiger partial charge in [-0.1, -0.05) is 5.16 Å². The van der Waals surface area contributed by atoms with Gasteiger partial charge in [0, 0.05) is 37.3 Å². The number of aryl methyl sites for hydroxylation is 2. The van der Waals surface area contributed by atoms with Crippen molar-refractivity contribution in [2.75, 3.05) is 6.54 Å². The molecule has 2 aromatic rings. The van der Waals surface area contributed by atoms with Crippen LogP contribution in [0.5, 0.6) is 0 Å². The van der Waals surface area contributed by atoms with Gasteiger partial charge in [0.15, 0.2) is 0 Å². The van der Waals surface area contributed by atoms with E-state index in [1.807, 2.05) is 31.3 Å². The second kappa shape index (κ2) is 6.12. The first kappa shape index (κ1) is 15.1. The number of amides is 1. The quantitative estimate of drug-likeness (QED) is 0.868. The lowest BCUT2D eigenvalue weighted by molar-refractivity contribution is -0.132. The van der Waals surface area contributed by atoms with Crippen molar-refractivity contribution in [2.45, 2.75) is 38.6 Å². The van der Waals surface area contributed by atoms with E-state index in [0.717, 1.165) is 36.2 Å². The Bertz CT molecular complexity index is 659. The molecule has 0 N–H and O–H groups in total. The number of carbonyl (C=O) groups is 1. The highest BCUT2D eigenvalue weighted by molar-refractivity contribution is 6.29. The zero-order valence-corrected chi connectivity index (χ0v) is 13.5. The van der Waals surface area contributed by atoms with Gasteiger partial charge in [0.25, 0.3) is 0 Å². The second-order valence-electron chi connectivity index (χ2n) is 5.71. The average Bonchev–Trinajstić information content (AvgIpc) is 3.18. The van der Waals surface area contributed by atoms with E-state index in [1.54, 1.807) is 4.68 Å². The Morgan fingerprint density at radius 2 is 2.36 bits per heavy atom. The Hall–Kier alpha value is -1.82. The largest absolute Gasteiger partial charge is 0.344 e. The van der Waals surface area contributed by atoms with Crippen LogP contribution in [0.1, 0.15) is 42.1 Å². The maximum atomic E-state index is 12.6. The molecule has 0 aliphatic carbocycles. The number of likely N-dealkylation sites (tertiary alicyclic amines) is 1. The predicted molar refractivity (Wildman–Crippen MR) is 81.5 cm³/mol. The summed E-state index contributed by atoms with van der Waals surface area (Å²) < 4.78 is 6.70. The molecular formula is C15H19ClN4O2. The fourth-order valence-electron chi connectivity index (χ4n) is 3.04. The summed E-state index contributed by atoms with van der Waals surface area (Å²) in [6.07, 6.45) is 6.82. The van der Waals surface area contributed by atoms with Crippen LogP contribution in [0.25, 0.3) is 0 Å². The van der Waals surface area contributed by atoms with E-state index >= 15 is 0 Å². The topological polar surface area (TPSA) is 64.2 Å². The second-order valence-corrected chi connectivity index (χ2v) is 6.06. The van der Waals surface area contributed by atoms with Crippen molar-refractivity contribution in [3.8, 4) is 0 Å². The molecular weight excluding hydrogens is 304 g/mol. The number of rotatable bonds is 4. The maximum absolute atomic E-state index is 12.6.